The predicted octanol–water partition coefficient (Wildman–Crippen LogP) is 4.86. The molecule has 0 aliphatic carbocycles. The average Bonchev–Trinajstić information content (AvgIpc) is 2.79. The summed E-state index contributed by atoms with van der Waals surface area (Å²) in [5.74, 6) is 1.71. The molecule has 0 aromatic heterocycles. The van der Waals surface area contributed by atoms with E-state index in [1.165, 1.54) is 34.6 Å². The van der Waals surface area contributed by atoms with E-state index in [1.54, 1.807) is 5.56 Å². The van der Waals surface area contributed by atoms with Crippen LogP contribution in [0.15, 0.2) is 53.4 Å². The highest BCUT2D eigenvalue weighted by molar-refractivity contribution is 7.99. The fraction of sp³-hybridized carbons (Fsp3) is 0.400. The zero-order valence-electron chi connectivity index (χ0n) is 13.3. The first-order valence-electron chi connectivity index (χ1n) is 8.40. The summed E-state index contributed by atoms with van der Waals surface area (Å²) in [4.78, 5) is 1.50. The van der Waals surface area contributed by atoms with Crippen molar-refractivity contribution in [3.8, 4) is 0 Å². The minimum atomic E-state index is 0.477. The topological polar surface area (TPSA) is 12.0 Å². The quantitative estimate of drug-likeness (QED) is 0.625. The van der Waals surface area contributed by atoms with E-state index < -0.39 is 0 Å². The van der Waals surface area contributed by atoms with Crippen LogP contribution in [0.2, 0.25) is 0 Å². The lowest BCUT2D eigenvalue weighted by Crippen LogP contribution is -2.20. The molecule has 22 heavy (non-hydrogen) atoms. The van der Waals surface area contributed by atoms with Crippen LogP contribution in [0.25, 0.3) is 0 Å². The molecule has 2 aromatic rings. The highest BCUT2D eigenvalue weighted by Gasteiger charge is 2.21. The van der Waals surface area contributed by atoms with Gasteiger partial charge in [-0.25, -0.2) is 0 Å². The Balaban J connectivity index is 1.93. The van der Waals surface area contributed by atoms with Crippen molar-refractivity contribution in [2.24, 2.45) is 0 Å². The highest BCUT2D eigenvalue weighted by Crippen LogP contribution is 2.34. The number of hydrogen-bond acceptors (Lipinski definition) is 2. The summed E-state index contributed by atoms with van der Waals surface area (Å²) in [5.41, 5.74) is 4.52. The molecule has 1 N–H and O–H groups in total. The molecule has 0 spiro atoms. The first-order valence-corrected chi connectivity index (χ1v) is 9.39. The highest BCUT2D eigenvalue weighted by atomic mass is 32.2. The lowest BCUT2D eigenvalue weighted by Gasteiger charge is -2.20. The number of nitrogens with one attached hydrogen (secondary N) is 1. The van der Waals surface area contributed by atoms with E-state index in [0.717, 1.165) is 19.5 Å². The second-order valence-electron chi connectivity index (χ2n) is 5.94. The van der Waals surface area contributed by atoms with Gasteiger partial charge >= 0.3 is 0 Å². The van der Waals surface area contributed by atoms with E-state index >= 15 is 0 Å². The molecule has 0 amide bonds. The first kappa shape index (κ1) is 15.6. The van der Waals surface area contributed by atoms with Gasteiger partial charge in [-0.05, 0) is 47.9 Å². The molecule has 1 atom stereocenters. The molecule has 1 unspecified atom stereocenters. The predicted molar refractivity (Wildman–Crippen MR) is 96.9 cm³/mol. The van der Waals surface area contributed by atoms with Gasteiger partial charge < -0.3 is 5.32 Å². The Labute approximate surface area is 138 Å². The van der Waals surface area contributed by atoms with Crippen LogP contribution in [0.1, 0.15) is 42.4 Å². The SMILES string of the molecule is CCCCSc1cccc2c1CCNCC2c1ccccc1. The van der Waals surface area contributed by atoms with Crippen molar-refractivity contribution in [1.29, 1.82) is 0 Å². The van der Waals surface area contributed by atoms with Gasteiger partial charge in [0.05, 0.1) is 0 Å². The van der Waals surface area contributed by atoms with Gasteiger partial charge in [0.2, 0.25) is 0 Å². The minimum Gasteiger partial charge on any atom is -0.315 e. The molecule has 2 heteroatoms. The summed E-state index contributed by atoms with van der Waals surface area (Å²) in [7, 11) is 0. The van der Waals surface area contributed by atoms with Crippen LogP contribution >= 0.6 is 11.8 Å². The molecule has 0 saturated heterocycles. The molecule has 0 radical (unpaired) electrons. The minimum absolute atomic E-state index is 0.477. The van der Waals surface area contributed by atoms with Crippen LogP contribution in [-0.2, 0) is 6.42 Å². The van der Waals surface area contributed by atoms with Crippen molar-refractivity contribution in [3.63, 3.8) is 0 Å². The van der Waals surface area contributed by atoms with Crippen LogP contribution < -0.4 is 5.32 Å². The van der Waals surface area contributed by atoms with Crippen LogP contribution in [-0.4, -0.2) is 18.8 Å². The van der Waals surface area contributed by atoms with E-state index in [4.69, 9.17) is 0 Å². The van der Waals surface area contributed by atoms with Gasteiger partial charge in [-0.1, -0.05) is 55.8 Å². The van der Waals surface area contributed by atoms with E-state index in [-0.39, 0.29) is 0 Å². The molecule has 1 nitrogen and oxygen atoms in total. The normalized spacial score (nSPS) is 17.8. The van der Waals surface area contributed by atoms with E-state index in [1.807, 2.05) is 11.8 Å². The Hall–Kier alpha value is -1.25. The van der Waals surface area contributed by atoms with Crippen molar-refractivity contribution in [1.82, 2.24) is 5.32 Å². The third kappa shape index (κ3) is 3.56. The first-order chi connectivity index (χ1) is 10.9. The van der Waals surface area contributed by atoms with Gasteiger partial charge in [0.25, 0.3) is 0 Å². The van der Waals surface area contributed by atoms with Gasteiger partial charge in [-0.15, -0.1) is 11.8 Å². The van der Waals surface area contributed by atoms with Crippen LogP contribution in [0.4, 0.5) is 0 Å². The maximum atomic E-state index is 3.63. The molecular formula is C20H25NS. The largest absolute Gasteiger partial charge is 0.315 e. The van der Waals surface area contributed by atoms with Gasteiger partial charge in [-0.3, -0.25) is 0 Å². The zero-order valence-corrected chi connectivity index (χ0v) is 14.2. The summed E-state index contributed by atoms with van der Waals surface area (Å²) in [6.07, 6.45) is 3.72. The molecule has 116 valence electrons. The van der Waals surface area contributed by atoms with E-state index in [0.29, 0.717) is 5.92 Å². The van der Waals surface area contributed by atoms with E-state index in [2.05, 4.69) is 60.8 Å². The smallest absolute Gasteiger partial charge is 0.0217 e. The van der Waals surface area contributed by atoms with Gasteiger partial charge in [0.1, 0.15) is 0 Å². The Morgan fingerprint density at radius 2 is 1.95 bits per heavy atom. The standard InChI is InChI=1S/C20H25NS/c1-2-3-14-22-20-11-7-10-17-18(20)12-13-21-15-19(17)16-8-5-4-6-9-16/h4-11,19,21H,2-3,12-15H2,1H3. The third-order valence-corrected chi connectivity index (χ3v) is 5.59. The lowest BCUT2D eigenvalue weighted by atomic mass is 9.88. The van der Waals surface area contributed by atoms with Crippen molar-refractivity contribution in [2.45, 2.75) is 37.0 Å². The van der Waals surface area contributed by atoms with Crippen molar-refractivity contribution < 1.29 is 0 Å². The number of hydrogen-bond donors (Lipinski definition) is 1. The van der Waals surface area contributed by atoms with Crippen LogP contribution in [0, 0.1) is 0 Å². The average molecular weight is 311 g/mol. The summed E-state index contributed by atoms with van der Waals surface area (Å²) in [5, 5.41) is 3.63. The molecule has 0 fully saturated rings. The number of fused-ring (bicyclic) bond motifs is 1. The molecule has 0 saturated carbocycles. The van der Waals surface area contributed by atoms with Crippen molar-refractivity contribution in [2.75, 3.05) is 18.8 Å². The molecule has 1 heterocycles. The number of unbranched alkanes of at least 4 members (excludes halogenated alkanes) is 1. The van der Waals surface area contributed by atoms with Crippen LogP contribution in [0.3, 0.4) is 0 Å². The second-order valence-corrected chi connectivity index (χ2v) is 7.08. The molecule has 3 rings (SSSR count). The Bertz CT molecular complexity index is 594. The maximum Gasteiger partial charge on any atom is 0.0217 e. The fourth-order valence-corrected chi connectivity index (χ4v) is 4.41. The summed E-state index contributed by atoms with van der Waals surface area (Å²) in [6, 6.07) is 17.8. The lowest BCUT2D eigenvalue weighted by molar-refractivity contribution is 0.664. The molecule has 2 aromatic carbocycles. The monoisotopic (exact) mass is 311 g/mol. The van der Waals surface area contributed by atoms with Crippen LogP contribution in [0.5, 0.6) is 0 Å². The summed E-state index contributed by atoms with van der Waals surface area (Å²) < 4.78 is 0. The summed E-state index contributed by atoms with van der Waals surface area (Å²) >= 11 is 2.04. The Morgan fingerprint density at radius 3 is 2.77 bits per heavy atom. The molecule has 1 aliphatic heterocycles. The Morgan fingerprint density at radius 1 is 1.09 bits per heavy atom. The van der Waals surface area contributed by atoms with Gasteiger partial charge in [-0.2, -0.15) is 0 Å². The summed E-state index contributed by atoms with van der Waals surface area (Å²) in [6.45, 7) is 4.39. The molecular weight excluding hydrogens is 286 g/mol. The Kier molecular flexibility index (Phi) is 5.58. The number of rotatable bonds is 5. The molecule has 0 bridgehead atoms. The molecule has 1 aliphatic rings. The third-order valence-electron chi connectivity index (χ3n) is 4.40. The zero-order chi connectivity index (χ0) is 15.2. The van der Waals surface area contributed by atoms with Crippen molar-refractivity contribution in [3.05, 3.63) is 65.2 Å². The van der Waals surface area contributed by atoms with Gasteiger partial charge in [0, 0.05) is 17.4 Å². The van der Waals surface area contributed by atoms with Gasteiger partial charge in [0.15, 0.2) is 0 Å². The number of thioether (sulfide) groups is 1. The maximum absolute atomic E-state index is 3.63. The fourth-order valence-electron chi connectivity index (χ4n) is 3.19. The number of benzene rings is 2. The van der Waals surface area contributed by atoms with E-state index in [9.17, 15) is 0 Å². The second kappa shape index (κ2) is 7.85. The van der Waals surface area contributed by atoms with Crippen molar-refractivity contribution >= 4 is 11.8 Å².